The maximum Gasteiger partial charge on any atom is 0.325 e. The minimum Gasteiger partial charge on any atom is -0.300 e. The molecule has 4 aromatic rings. The maximum absolute atomic E-state index is 12.8. The Labute approximate surface area is 140 Å². The number of benzene rings is 2. The lowest BCUT2D eigenvalue weighted by Crippen LogP contribution is -2.24. The SMILES string of the molecule is O=c1[nH]c2c(=O)n(-c3ccccc3)c(=S)n(-c3ccccc3)c2[nH]1. The molecule has 7 heteroatoms. The number of imidazole rings is 1. The average Bonchev–Trinajstić information content (AvgIpc) is 2.98. The van der Waals surface area contributed by atoms with Crippen molar-refractivity contribution in [3.63, 3.8) is 0 Å². The van der Waals surface area contributed by atoms with Gasteiger partial charge < -0.3 is 0 Å². The fourth-order valence-corrected chi connectivity index (χ4v) is 3.10. The lowest BCUT2D eigenvalue weighted by Gasteiger charge is -2.13. The van der Waals surface area contributed by atoms with E-state index in [0.29, 0.717) is 11.3 Å². The van der Waals surface area contributed by atoms with Gasteiger partial charge in [-0.1, -0.05) is 36.4 Å². The third-order valence-electron chi connectivity index (χ3n) is 3.76. The lowest BCUT2D eigenvalue weighted by atomic mass is 10.3. The highest BCUT2D eigenvalue weighted by Crippen LogP contribution is 2.16. The number of nitrogens with one attached hydrogen (secondary N) is 2. The molecule has 2 aromatic heterocycles. The smallest absolute Gasteiger partial charge is 0.300 e. The summed E-state index contributed by atoms with van der Waals surface area (Å²) in [5, 5.41) is 0. The van der Waals surface area contributed by atoms with Crippen LogP contribution in [0.3, 0.4) is 0 Å². The summed E-state index contributed by atoms with van der Waals surface area (Å²) >= 11 is 5.57. The minimum atomic E-state index is -0.452. The number of hydrogen-bond acceptors (Lipinski definition) is 3. The van der Waals surface area contributed by atoms with E-state index in [1.54, 1.807) is 16.7 Å². The van der Waals surface area contributed by atoms with Crippen molar-refractivity contribution in [2.24, 2.45) is 0 Å². The summed E-state index contributed by atoms with van der Waals surface area (Å²) < 4.78 is 3.37. The van der Waals surface area contributed by atoms with E-state index >= 15 is 0 Å². The monoisotopic (exact) mass is 336 g/mol. The number of para-hydroxylation sites is 2. The molecule has 0 unspecified atom stereocenters. The van der Waals surface area contributed by atoms with E-state index in [1.807, 2.05) is 48.5 Å². The Bertz CT molecular complexity index is 1200. The van der Waals surface area contributed by atoms with E-state index in [-0.39, 0.29) is 15.8 Å². The molecule has 0 bridgehead atoms. The number of rotatable bonds is 2. The molecule has 6 nitrogen and oxygen atoms in total. The second-order valence-corrected chi connectivity index (χ2v) is 5.60. The maximum atomic E-state index is 12.8. The van der Waals surface area contributed by atoms with Gasteiger partial charge in [0.1, 0.15) is 0 Å². The normalized spacial score (nSPS) is 11.0. The molecule has 24 heavy (non-hydrogen) atoms. The molecule has 0 aliphatic carbocycles. The summed E-state index contributed by atoms with van der Waals surface area (Å²) in [6, 6.07) is 18.4. The predicted octanol–water partition coefficient (Wildman–Crippen LogP) is 2.53. The van der Waals surface area contributed by atoms with Crippen molar-refractivity contribution in [1.29, 1.82) is 0 Å². The third kappa shape index (κ3) is 2.14. The van der Waals surface area contributed by atoms with Gasteiger partial charge in [-0.05, 0) is 36.5 Å². The Morgan fingerprint density at radius 3 is 1.88 bits per heavy atom. The fraction of sp³-hybridized carbons (Fsp3) is 0. The van der Waals surface area contributed by atoms with Crippen molar-refractivity contribution in [2.75, 3.05) is 0 Å². The quantitative estimate of drug-likeness (QED) is 0.552. The third-order valence-corrected chi connectivity index (χ3v) is 4.12. The summed E-state index contributed by atoms with van der Waals surface area (Å²) in [5.41, 5.74) is 1.11. The first kappa shape index (κ1) is 14.4. The standard InChI is InChI=1S/C17H12N4O2S/c22-15-13-14(19-16(23)18-13)20(11-7-3-1-4-8-11)17(24)21(15)12-9-5-2-6-10-12/h1-10H,(H2,18,19,23). The molecule has 118 valence electrons. The molecule has 0 atom stereocenters. The van der Waals surface area contributed by atoms with E-state index in [1.165, 1.54) is 4.57 Å². The van der Waals surface area contributed by atoms with Gasteiger partial charge in [-0.2, -0.15) is 0 Å². The van der Waals surface area contributed by atoms with Gasteiger partial charge in [0.25, 0.3) is 5.56 Å². The van der Waals surface area contributed by atoms with Crippen molar-refractivity contribution in [3.8, 4) is 11.4 Å². The van der Waals surface area contributed by atoms with Gasteiger partial charge in [0.2, 0.25) is 0 Å². The van der Waals surface area contributed by atoms with Crippen molar-refractivity contribution in [1.82, 2.24) is 19.1 Å². The molecule has 0 spiro atoms. The van der Waals surface area contributed by atoms with Crippen molar-refractivity contribution in [2.45, 2.75) is 0 Å². The van der Waals surface area contributed by atoms with Crippen LogP contribution in [0.5, 0.6) is 0 Å². The van der Waals surface area contributed by atoms with Crippen LogP contribution in [0.1, 0.15) is 0 Å². The molecule has 0 saturated carbocycles. The molecular weight excluding hydrogens is 324 g/mol. The average molecular weight is 336 g/mol. The van der Waals surface area contributed by atoms with Crippen LogP contribution in [0.25, 0.3) is 22.5 Å². The first-order valence-corrected chi connectivity index (χ1v) is 7.68. The van der Waals surface area contributed by atoms with E-state index in [0.717, 1.165) is 5.69 Å². The molecule has 0 saturated heterocycles. The number of nitrogens with zero attached hydrogens (tertiary/aromatic N) is 2. The second-order valence-electron chi connectivity index (χ2n) is 5.23. The van der Waals surface area contributed by atoms with E-state index in [4.69, 9.17) is 12.2 Å². The zero-order chi connectivity index (χ0) is 16.7. The van der Waals surface area contributed by atoms with Crippen LogP contribution >= 0.6 is 12.2 Å². The first-order chi connectivity index (χ1) is 11.7. The molecule has 0 aliphatic heterocycles. The van der Waals surface area contributed by atoms with Gasteiger partial charge >= 0.3 is 5.69 Å². The number of H-pyrrole nitrogens is 2. The highest BCUT2D eigenvalue weighted by atomic mass is 32.1. The molecule has 2 heterocycles. The zero-order valence-electron chi connectivity index (χ0n) is 12.4. The molecule has 0 radical (unpaired) electrons. The minimum absolute atomic E-state index is 0.182. The van der Waals surface area contributed by atoms with Gasteiger partial charge in [-0.3, -0.25) is 23.9 Å². The van der Waals surface area contributed by atoms with Crippen molar-refractivity contribution >= 4 is 23.4 Å². The topological polar surface area (TPSA) is 75.6 Å². The largest absolute Gasteiger partial charge is 0.325 e. The summed E-state index contributed by atoms with van der Waals surface area (Å²) in [4.78, 5) is 29.8. The van der Waals surface area contributed by atoms with Crippen LogP contribution in [-0.4, -0.2) is 19.1 Å². The molecule has 0 aliphatic rings. The Balaban J connectivity index is 2.22. The summed E-state index contributed by atoms with van der Waals surface area (Å²) in [6.07, 6.45) is 0. The van der Waals surface area contributed by atoms with Gasteiger partial charge in [-0.15, -0.1) is 0 Å². The lowest BCUT2D eigenvalue weighted by molar-refractivity contribution is 0.867. The van der Waals surface area contributed by atoms with E-state index in [2.05, 4.69) is 9.97 Å². The Morgan fingerprint density at radius 1 is 0.750 bits per heavy atom. The van der Waals surface area contributed by atoms with Crippen LogP contribution in [-0.2, 0) is 0 Å². The molecular formula is C17H12N4O2S. The van der Waals surface area contributed by atoms with Crippen LogP contribution in [0.4, 0.5) is 0 Å². The second kappa shape index (κ2) is 5.47. The Hall–Kier alpha value is -3.19. The molecule has 0 amide bonds. The van der Waals surface area contributed by atoms with Gasteiger partial charge in [-0.25, -0.2) is 4.79 Å². The van der Waals surface area contributed by atoms with E-state index in [9.17, 15) is 9.59 Å². The highest BCUT2D eigenvalue weighted by molar-refractivity contribution is 7.71. The molecule has 0 fully saturated rings. The van der Waals surface area contributed by atoms with Crippen LogP contribution in [0, 0.1) is 4.77 Å². The number of aromatic nitrogens is 4. The van der Waals surface area contributed by atoms with Gasteiger partial charge in [0.15, 0.2) is 15.9 Å². The number of hydrogen-bond donors (Lipinski definition) is 2. The summed E-state index contributed by atoms with van der Waals surface area (Å²) in [6.45, 7) is 0. The Morgan fingerprint density at radius 2 is 1.29 bits per heavy atom. The number of fused-ring (bicyclic) bond motifs is 1. The van der Waals surface area contributed by atoms with Gasteiger partial charge in [0.05, 0.1) is 5.69 Å². The first-order valence-electron chi connectivity index (χ1n) is 7.28. The van der Waals surface area contributed by atoms with Crippen molar-refractivity contribution < 1.29 is 0 Å². The van der Waals surface area contributed by atoms with Crippen LogP contribution in [0.15, 0.2) is 70.3 Å². The summed E-state index contributed by atoms with van der Waals surface area (Å²) in [5.74, 6) is 0. The molecule has 4 rings (SSSR count). The fourth-order valence-electron chi connectivity index (χ4n) is 2.71. The summed E-state index contributed by atoms with van der Waals surface area (Å²) in [7, 11) is 0. The van der Waals surface area contributed by atoms with Crippen LogP contribution < -0.4 is 11.2 Å². The predicted molar refractivity (Wildman–Crippen MR) is 94.7 cm³/mol. The van der Waals surface area contributed by atoms with E-state index < -0.39 is 5.69 Å². The van der Waals surface area contributed by atoms with Crippen LogP contribution in [0.2, 0.25) is 0 Å². The van der Waals surface area contributed by atoms with Crippen molar-refractivity contribution in [3.05, 3.63) is 86.3 Å². The number of aromatic amines is 2. The zero-order valence-corrected chi connectivity index (χ0v) is 13.2. The van der Waals surface area contributed by atoms with Gasteiger partial charge in [0, 0.05) is 5.69 Å². The molecule has 2 N–H and O–H groups in total. The molecule has 2 aromatic carbocycles. The highest BCUT2D eigenvalue weighted by Gasteiger charge is 2.15. The Kier molecular flexibility index (Phi) is 3.28.